The highest BCUT2D eigenvalue weighted by atomic mass is 32.1. The van der Waals surface area contributed by atoms with Crippen molar-refractivity contribution in [3.05, 3.63) is 21.7 Å². The number of nitrogens with zero attached hydrogens (tertiary/aromatic N) is 1. The van der Waals surface area contributed by atoms with Gasteiger partial charge >= 0.3 is 11.9 Å². The highest BCUT2D eigenvalue weighted by Crippen LogP contribution is 2.18. The summed E-state index contributed by atoms with van der Waals surface area (Å²) in [6.07, 6.45) is 2.68. The Hall–Kier alpha value is -1.69. The summed E-state index contributed by atoms with van der Waals surface area (Å²) in [6, 6.07) is 0. The number of aromatic nitrogens is 1. The Kier molecular flexibility index (Phi) is 4.19. The number of ether oxygens (including phenoxy) is 1. The third kappa shape index (κ3) is 3.16. The largest absolute Gasteiger partial charge is 0.477 e. The Morgan fingerprint density at radius 2 is 2.25 bits per heavy atom. The Labute approximate surface area is 96.4 Å². The number of carboxylic acid groups (broad SMARTS) is 1. The molecule has 1 heterocycles. The van der Waals surface area contributed by atoms with Crippen molar-refractivity contribution in [2.24, 2.45) is 0 Å². The molecule has 0 saturated heterocycles. The standard InChI is InChI=1S/C10H11NO4S/c1-3-15-8(12)5-4-7-11-6(2)9(16-7)10(13)14/h4-5H,3H2,1-2H3,(H,13,14). The van der Waals surface area contributed by atoms with Gasteiger partial charge < -0.3 is 9.84 Å². The Bertz CT molecular complexity index is 436. The van der Waals surface area contributed by atoms with E-state index in [0.717, 1.165) is 11.3 Å². The molecule has 0 unspecified atom stereocenters. The number of carbonyl (C=O) groups excluding carboxylic acids is 1. The van der Waals surface area contributed by atoms with E-state index in [1.165, 1.54) is 12.2 Å². The summed E-state index contributed by atoms with van der Waals surface area (Å²) in [6.45, 7) is 3.63. The molecule has 0 radical (unpaired) electrons. The van der Waals surface area contributed by atoms with Crippen molar-refractivity contribution in [3.63, 3.8) is 0 Å². The molecule has 0 aromatic carbocycles. The van der Waals surface area contributed by atoms with Crippen LogP contribution in [0, 0.1) is 6.92 Å². The number of rotatable bonds is 4. The topological polar surface area (TPSA) is 76.5 Å². The molecule has 0 bridgehead atoms. The molecular weight excluding hydrogens is 230 g/mol. The van der Waals surface area contributed by atoms with E-state index in [1.54, 1.807) is 13.8 Å². The van der Waals surface area contributed by atoms with Gasteiger partial charge in [0.2, 0.25) is 0 Å². The first-order valence-corrected chi connectivity index (χ1v) is 5.41. The van der Waals surface area contributed by atoms with Crippen LogP contribution in [0.25, 0.3) is 6.08 Å². The van der Waals surface area contributed by atoms with Gasteiger partial charge in [-0.3, -0.25) is 0 Å². The second-order valence-electron chi connectivity index (χ2n) is 2.86. The van der Waals surface area contributed by atoms with E-state index >= 15 is 0 Å². The number of carbonyl (C=O) groups is 2. The minimum atomic E-state index is -1.01. The van der Waals surface area contributed by atoms with Gasteiger partial charge in [-0.2, -0.15) is 0 Å². The lowest BCUT2D eigenvalue weighted by atomic mass is 10.4. The fourth-order valence-electron chi connectivity index (χ4n) is 1.02. The first-order chi connectivity index (χ1) is 7.54. The summed E-state index contributed by atoms with van der Waals surface area (Å²) in [5.74, 6) is -1.47. The monoisotopic (exact) mass is 241 g/mol. The molecule has 0 aliphatic rings. The van der Waals surface area contributed by atoms with Crippen LogP contribution in [0.5, 0.6) is 0 Å². The molecule has 0 amide bonds. The second-order valence-corrected chi connectivity index (χ2v) is 3.89. The van der Waals surface area contributed by atoms with E-state index in [9.17, 15) is 9.59 Å². The maximum atomic E-state index is 11.0. The molecule has 5 nitrogen and oxygen atoms in total. The first-order valence-electron chi connectivity index (χ1n) is 4.60. The Morgan fingerprint density at radius 1 is 1.56 bits per heavy atom. The van der Waals surface area contributed by atoms with Crippen molar-refractivity contribution < 1.29 is 19.4 Å². The van der Waals surface area contributed by atoms with Crippen LogP contribution < -0.4 is 0 Å². The molecule has 86 valence electrons. The number of aromatic carboxylic acids is 1. The number of hydrogen-bond donors (Lipinski definition) is 1. The van der Waals surface area contributed by atoms with Gasteiger partial charge in [0.05, 0.1) is 12.3 Å². The van der Waals surface area contributed by atoms with Crippen LogP contribution in [-0.2, 0) is 9.53 Å². The summed E-state index contributed by atoms with van der Waals surface area (Å²) in [7, 11) is 0. The molecule has 0 saturated carbocycles. The zero-order chi connectivity index (χ0) is 12.1. The van der Waals surface area contributed by atoms with E-state index < -0.39 is 11.9 Å². The first kappa shape index (κ1) is 12.4. The molecule has 0 atom stereocenters. The summed E-state index contributed by atoms with van der Waals surface area (Å²) >= 11 is 1.02. The molecular formula is C10H11NO4S. The highest BCUT2D eigenvalue weighted by molar-refractivity contribution is 7.14. The van der Waals surface area contributed by atoms with Crippen LogP contribution in [0.4, 0.5) is 0 Å². The van der Waals surface area contributed by atoms with Gasteiger partial charge in [-0.1, -0.05) is 0 Å². The van der Waals surface area contributed by atoms with Crippen LogP contribution >= 0.6 is 11.3 Å². The van der Waals surface area contributed by atoms with Crippen molar-refractivity contribution in [2.75, 3.05) is 6.61 Å². The molecule has 0 aliphatic heterocycles. The zero-order valence-corrected chi connectivity index (χ0v) is 9.71. The molecule has 16 heavy (non-hydrogen) atoms. The molecule has 1 aromatic rings. The maximum Gasteiger partial charge on any atom is 0.347 e. The predicted octanol–water partition coefficient (Wildman–Crippen LogP) is 1.73. The van der Waals surface area contributed by atoms with Gasteiger partial charge in [-0.05, 0) is 19.9 Å². The van der Waals surface area contributed by atoms with Gasteiger partial charge in [0.15, 0.2) is 0 Å². The normalized spacial score (nSPS) is 10.6. The van der Waals surface area contributed by atoms with Crippen LogP contribution in [-0.4, -0.2) is 28.6 Å². The molecule has 1 rings (SSSR count). The van der Waals surface area contributed by atoms with Crippen LogP contribution in [0.1, 0.15) is 27.3 Å². The summed E-state index contributed by atoms with van der Waals surface area (Å²) < 4.78 is 4.68. The maximum absolute atomic E-state index is 11.0. The van der Waals surface area contributed by atoms with Crippen molar-refractivity contribution >= 4 is 29.4 Å². The quantitative estimate of drug-likeness (QED) is 0.641. The Morgan fingerprint density at radius 3 is 2.75 bits per heavy atom. The average Bonchev–Trinajstić information content (AvgIpc) is 2.57. The van der Waals surface area contributed by atoms with E-state index in [4.69, 9.17) is 5.11 Å². The number of aryl methyl sites for hydroxylation is 1. The minimum absolute atomic E-state index is 0.184. The van der Waals surface area contributed by atoms with Crippen LogP contribution in [0.3, 0.4) is 0 Å². The smallest absolute Gasteiger partial charge is 0.347 e. The summed E-state index contributed by atoms with van der Waals surface area (Å²) in [5.41, 5.74) is 0.445. The van der Waals surface area contributed by atoms with Gasteiger partial charge in [0, 0.05) is 6.08 Å². The van der Waals surface area contributed by atoms with Gasteiger partial charge in [0.25, 0.3) is 0 Å². The van der Waals surface area contributed by atoms with E-state index in [-0.39, 0.29) is 4.88 Å². The molecule has 6 heteroatoms. The zero-order valence-electron chi connectivity index (χ0n) is 8.89. The number of hydrogen-bond acceptors (Lipinski definition) is 5. The van der Waals surface area contributed by atoms with Crippen molar-refractivity contribution in [1.29, 1.82) is 0 Å². The summed E-state index contributed by atoms with van der Waals surface area (Å²) in [5, 5.41) is 9.27. The third-order valence-electron chi connectivity index (χ3n) is 1.66. The molecule has 1 N–H and O–H groups in total. The molecule has 0 spiro atoms. The highest BCUT2D eigenvalue weighted by Gasteiger charge is 2.12. The van der Waals surface area contributed by atoms with Gasteiger partial charge in [-0.15, -0.1) is 11.3 Å². The lowest BCUT2D eigenvalue weighted by molar-refractivity contribution is -0.137. The SMILES string of the molecule is CCOC(=O)C=Cc1nc(C)c(C(=O)O)s1. The van der Waals surface area contributed by atoms with Crippen molar-refractivity contribution in [2.45, 2.75) is 13.8 Å². The van der Waals surface area contributed by atoms with Crippen LogP contribution in [0.15, 0.2) is 6.08 Å². The lowest BCUT2D eigenvalue weighted by Gasteiger charge is -1.92. The van der Waals surface area contributed by atoms with Crippen molar-refractivity contribution in [3.8, 4) is 0 Å². The average molecular weight is 241 g/mol. The fourth-order valence-corrected chi connectivity index (χ4v) is 1.83. The predicted molar refractivity (Wildman–Crippen MR) is 59.5 cm³/mol. The summed E-state index contributed by atoms with van der Waals surface area (Å²) in [4.78, 5) is 25.9. The minimum Gasteiger partial charge on any atom is -0.477 e. The van der Waals surface area contributed by atoms with Gasteiger partial charge in [-0.25, -0.2) is 14.6 Å². The number of esters is 1. The number of carboxylic acids is 1. The molecule has 1 aromatic heterocycles. The van der Waals surface area contributed by atoms with E-state index in [0.29, 0.717) is 17.3 Å². The molecule has 0 fully saturated rings. The second kappa shape index (κ2) is 5.41. The number of thiazole rings is 1. The Balaban J connectivity index is 2.79. The van der Waals surface area contributed by atoms with Gasteiger partial charge in [0.1, 0.15) is 9.88 Å². The van der Waals surface area contributed by atoms with E-state index in [1.807, 2.05) is 0 Å². The molecule has 0 aliphatic carbocycles. The van der Waals surface area contributed by atoms with Crippen LogP contribution in [0.2, 0.25) is 0 Å². The third-order valence-corrected chi connectivity index (χ3v) is 2.77. The van der Waals surface area contributed by atoms with Crippen molar-refractivity contribution in [1.82, 2.24) is 4.98 Å². The lowest BCUT2D eigenvalue weighted by Crippen LogP contribution is -1.98. The van der Waals surface area contributed by atoms with E-state index in [2.05, 4.69) is 9.72 Å². The fraction of sp³-hybridized carbons (Fsp3) is 0.300.